The van der Waals surface area contributed by atoms with Gasteiger partial charge in [-0.05, 0) is 63.1 Å². The van der Waals surface area contributed by atoms with Gasteiger partial charge in [0.05, 0.1) is 17.6 Å². The lowest BCUT2D eigenvalue weighted by molar-refractivity contribution is 0.0858. The summed E-state index contributed by atoms with van der Waals surface area (Å²) in [7, 11) is 0. The van der Waals surface area contributed by atoms with Gasteiger partial charge in [-0.2, -0.15) is 5.10 Å². The zero-order chi connectivity index (χ0) is 21.3. The summed E-state index contributed by atoms with van der Waals surface area (Å²) < 4.78 is 0. The van der Waals surface area contributed by atoms with Crippen molar-refractivity contribution in [2.45, 2.75) is 45.1 Å². The maximum atomic E-state index is 13.4. The molecule has 1 aromatic carbocycles. The number of aromatic hydroxyl groups is 1. The van der Waals surface area contributed by atoms with Crippen LogP contribution in [-0.4, -0.2) is 56.1 Å². The Kier molecular flexibility index (Phi) is 5.58. The fraction of sp³-hybridized carbons (Fsp3) is 0.435. The van der Waals surface area contributed by atoms with E-state index in [1.165, 1.54) is 0 Å². The molecule has 1 atom stereocenters. The van der Waals surface area contributed by atoms with Gasteiger partial charge < -0.3 is 10.8 Å². The second-order valence-corrected chi connectivity index (χ2v) is 8.50. The molecule has 0 radical (unpaired) electrons. The van der Waals surface area contributed by atoms with Crippen LogP contribution < -0.4 is 5.73 Å². The van der Waals surface area contributed by atoms with E-state index in [0.29, 0.717) is 23.4 Å². The number of aryl methyl sites for hydroxylation is 1. The number of carbonyl (C=O) groups is 1. The van der Waals surface area contributed by atoms with E-state index < -0.39 is 0 Å². The number of fused-ring (bicyclic) bond motifs is 1. The van der Waals surface area contributed by atoms with Gasteiger partial charge >= 0.3 is 0 Å². The smallest absolute Gasteiger partial charge is 0.182 e. The van der Waals surface area contributed by atoms with Crippen LogP contribution >= 0.6 is 0 Å². The molecule has 0 aliphatic carbocycles. The Morgan fingerprint density at radius 2 is 2.10 bits per heavy atom. The van der Waals surface area contributed by atoms with Crippen molar-refractivity contribution in [3.8, 4) is 17.0 Å². The summed E-state index contributed by atoms with van der Waals surface area (Å²) >= 11 is 0. The molecule has 7 heteroatoms. The Labute approximate surface area is 176 Å². The minimum Gasteiger partial charge on any atom is -0.508 e. The molecular weight excluding hydrogens is 378 g/mol. The van der Waals surface area contributed by atoms with E-state index in [4.69, 9.17) is 5.73 Å². The third-order valence-electron chi connectivity index (χ3n) is 5.97. The first-order valence-electron chi connectivity index (χ1n) is 10.6. The first kappa shape index (κ1) is 20.5. The molecule has 1 unspecified atom stereocenters. The summed E-state index contributed by atoms with van der Waals surface area (Å²) in [5, 5.41) is 17.6. The fourth-order valence-electron chi connectivity index (χ4n) is 4.56. The van der Waals surface area contributed by atoms with Crippen LogP contribution in [0.4, 0.5) is 0 Å². The van der Waals surface area contributed by atoms with Crippen LogP contribution in [0.3, 0.4) is 0 Å². The average molecular weight is 408 g/mol. The lowest BCUT2D eigenvalue weighted by Crippen LogP contribution is -2.55. The van der Waals surface area contributed by atoms with Crippen LogP contribution in [0.15, 0.2) is 30.3 Å². The number of Topliss-reactive ketones (excluding diaryl/α,β-unsaturated/α-hetero) is 1. The van der Waals surface area contributed by atoms with E-state index in [0.717, 1.165) is 55.4 Å². The number of phenols is 1. The SMILES string of the molecule is CCCC1(N)CCCN(CC(=O)c2cc(-c3ccc(O)cc3)nc3n[nH]c(C)c23)C1. The number of hydrogen-bond donors (Lipinski definition) is 3. The quantitative estimate of drug-likeness (QED) is 0.541. The topological polar surface area (TPSA) is 108 Å². The van der Waals surface area contributed by atoms with Gasteiger partial charge in [-0.3, -0.25) is 14.8 Å². The number of nitrogens with two attached hydrogens (primary N) is 1. The van der Waals surface area contributed by atoms with E-state index in [2.05, 4.69) is 27.0 Å². The van der Waals surface area contributed by atoms with Gasteiger partial charge in [-0.15, -0.1) is 0 Å². The molecule has 1 saturated heterocycles. The molecule has 3 aromatic rings. The van der Waals surface area contributed by atoms with Gasteiger partial charge in [-0.1, -0.05) is 13.3 Å². The molecule has 1 aliphatic rings. The number of benzene rings is 1. The van der Waals surface area contributed by atoms with Gasteiger partial charge in [0.1, 0.15) is 5.75 Å². The third-order valence-corrected chi connectivity index (χ3v) is 5.97. The molecule has 30 heavy (non-hydrogen) atoms. The third kappa shape index (κ3) is 4.08. The Bertz CT molecular complexity index is 1060. The highest BCUT2D eigenvalue weighted by Gasteiger charge is 2.32. The number of likely N-dealkylation sites (tertiary alicyclic amines) is 1. The van der Waals surface area contributed by atoms with Crippen LogP contribution in [0.25, 0.3) is 22.3 Å². The molecule has 0 spiro atoms. The van der Waals surface area contributed by atoms with E-state index in [9.17, 15) is 9.90 Å². The molecular formula is C23H29N5O2. The zero-order valence-corrected chi connectivity index (χ0v) is 17.6. The van der Waals surface area contributed by atoms with Gasteiger partial charge in [0.2, 0.25) is 0 Å². The molecule has 2 aromatic heterocycles. The highest BCUT2D eigenvalue weighted by molar-refractivity contribution is 6.09. The number of aromatic amines is 1. The fourth-order valence-corrected chi connectivity index (χ4v) is 4.56. The lowest BCUT2D eigenvalue weighted by Gasteiger charge is -2.40. The highest BCUT2D eigenvalue weighted by atomic mass is 16.3. The number of nitrogens with zero attached hydrogens (tertiary/aromatic N) is 3. The van der Waals surface area contributed by atoms with E-state index in [1.54, 1.807) is 24.3 Å². The molecule has 7 nitrogen and oxygen atoms in total. The number of aromatic nitrogens is 3. The van der Waals surface area contributed by atoms with Crippen LogP contribution in [0, 0.1) is 6.92 Å². The van der Waals surface area contributed by atoms with Gasteiger partial charge in [0.15, 0.2) is 11.4 Å². The Morgan fingerprint density at radius 1 is 1.33 bits per heavy atom. The predicted octanol–water partition coefficient (Wildman–Crippen LogP) is 3.42. The summed E-state index contributed by atoms with van der Waals surface area (Å²) in [6.07, 6.45) is 4.05. The maximum absolute atomic E-state index is 13.4. The minimum atomic E-state index is -0.205. The van der Waals surface area contributed by atoms with E-state index in [-0.39, 0.29) is 17.1 Å². The number of piperidine rings is 1. The molecule has 1 fully saturated rings. The first-order chi connectivity index (χ1) is 14.4. The number of carbonyl (C=O) groups excluding carboxylic acids is 1. The summed E-state index contributed by atoms with van der Waals surface area (Å²) in [5.41, 5.74) is 9.85. The van der Waals surface area contributed by atoms with Gasteiger partial charge in [0.25, 0.3) is 0 Å². The summed E-state index contributed by atoms with van der Waals surface area (Å²) in [5.74, 6) is 0.238. The monoisotopic (exact) mass is 407 g/mol. The number of pyridine rings is 1. The molecule has 0 bridgehead atoms. The number of hydrogen-bond acceptors (Lipinski definition) is 6. The van der Waals surface area contributed by atoms with Crippen molar-refractivity contribution < 1.29 is 9.90 Å². The largest absolute Gasteiger partial charge is 0.508 e. The maximum Gasteiger partial charge on any atom is 0.182 e. The summed E-state index contributed by atoms with van der Waals surface area (Å²) in [4.78, 5) is 20.2. The van der Waals surface area contributed by atoms with Crippen LogP contribution in [0.1, 0.15) is 48.7 Å². The van der Waals surface area contributed by atoms with Crippen LogP contribution in [0.2, 0.25) is 0 Å². The van der Waals surface area contributed by atoms with Crippen molar-refractivity contribution in [3.63, 3.8) is 0 Å². The zero-order valence-electron chi connectivity index (χ0n) is 17.6. The van der Waals surface area contributed by atoms with Crippen molar-refractivity contribution in [1.29, 1.82) is 0 Å². The normalized spacial score (nSPS) is 20.0. The number of ketones is 1. The second-order valence-electron chi connectivity index (χ2n) is 8.50. The van der Waals surface area contributed by atoms with Gasteiger partial charge in [-0.25, -0.2) is 4.98 Å². The molecule has 4 N–H and O–H groups in total. The van der Waals surface area contributed by atoms with Crippen LogP contribution in [0.5, 0.6) is 5.75 Å². The number of rotatable bonds is 6. The predicted molar refractivity (Wildman–Crippen MR) is 118 cm³/mol. The molecule has 4 rings (SSSR count). The summed E-state index contributed by atoms with van der Waals surface area (Å²) in [6, 6.07) is 8.64. The number of H-pyrrole nitrogens is 1. The van der Waals surface area contributed by atoms with E-state index in [1.807, 2.05) is 13.0 Å². The average Bonchev–Trinajstić information content (AvgIpc) is 3.09. The molecule has 3 heterocycles. The molecule has 1 aliphatic heterocycles. The van der Waals surface area contributed by atoms with Crippen molar-refractivity contribution in [2.24, 2.45) is 5.73 Å². The standard InChI is InChI=1S/C23H29N5O2/c1-3-9-23(24)10-4-11-28(14-23)13-20(30)18-12-19(16-5-7-17(29)8-6-16)25-22-21(18)15(2)26-27-22/h5-8,12,29H,3-4,9-11,13-14,24H2,1-2H3,(H,25,26,27). The van der Waals surface area contributed by atoms with E-state index >= 15 is 0 Å². The van der Waals surface area contributed by atoms with Crippen LogP contribution in [-0.2, 0) is 0 Å². The Hall–Kier alpha value is -2.77. The lowest BCUT2D eigenvalue weighted by atomic mass is 9.86. The van der Waals surface area contributed by atoms with Crippen molar-refractivity contribution in [2.75, 3.05) is 19.6 Å². The highest BCUT2D eigenvalue weighted by Crippen LogP contribution is 2.28. The Balaban J connectivity index is 1.66. The molecule has 158 valence electrons. The first-order valence-corrected chi connectivity index (χ1v) is 10.6. The second kappa shape index (κ2) is 8.16. The Morgan fingerprint density at radius 3 is 2.83 bits per heavy atom. The summed E-state index contributed by atoms with van der Waals surface area (Å²) in [6.45, 7) is 6.02. The van der Waals surface area contributed by atoms with Gasteiger partial charge in [0, 0.05) is 28.9 Å². The minimum absolute atomic E-state index is 0.0488. The molecule has 0 saturated carbocycles. The number of phenolic OH excluding ortho intramolecular Hbond substituents is 1. The van der Waals surface area contributed by atoms with Crippen molar-refractivity contribution in [3.05, 3.63) is 41.6 Å². The van der Waals surface area contributed by atoms with Crippen molar-refractivity contribution in [1.82, 2.24) is 20.1 Å². The van der Waals surface area contributed by atoms with Crippen molar-refractivity contribution >= 4 is 16.8 Å². The molecule has 0 amide bonds. The number of nitrogens with one attached hydrogen (secondary N) is 1.